The minimum absolute atomic E-state index is 0.244. The molecule has 1 aromatic heterocycles. The highest BCUT2D eigenvalue weighted by molar-refractivity contribution is 5.97. The summed E-state index contributed by atoms with van der Waals surface area (Å²) >= 11 is 0. The highest BCUT2D eigenvalue weighted by Crippen LogP contribution is 2.10. The summed E-state index contributed by atoms with van der Waals surface area (Å²) in [5, 5.41) is 10.3. The Morgan fingerprint density at radius 2 is 1.96 bits per heavy atom. The van der Waals surface area contributed by atoms with Crippen molar-refractivity contribution in [2.45, 2.75) is 19.5 Å². The van der Waals surface area contributed by atoms with Crippen LogP contribution in [0.1, 0.15) is 23.0 Å². The summed E-state index contributed by atoms with van der Waals surface area (Å²) in [5.74, 6) is 0.0245. The van der Waals surface area contributed by atoms with Gasteiger partial charge in [-0.25, -0.2) is 4.79 Å². The number of rotatable bonds is 6. The second-order valence-electron chi connectivity index (χ2n) is 5.28. The third-order valence-electron chi connectivity index (χ3n) is 3.37. The minimum atomic E-state index is -0.739. The Bertz CT molecular complexity index is 743. The number of carbonyl (C=O) groups is 3. The van der Waals surface area contributed by atoms with Crippen molar-refractivity contribution in [1.29, 1.82) is 0 Å². The van der Waals surface area contributed by atoms with Crippen molar-refractivity contribution in [3.8, 4) is 0 Å². The molecule has 8 heteroatoms. The molecule has 0 bridgehead atoms. The molecule has 132 valence electrons. The first kappa shape index (κ1) is 18.1. The van der Waals surface area contributed by atoms with Crippen LogP contribution in [0.4, 0.5) is 10.5 Å². The number of hydrogen-bond donors (Lipinski definition) is 4. The largest absolute Gasteiger partial charge is 0.467 e. The molecule has 0 spiro atoms. The molecule has 8 nitrogen and oxygen atoms in total. The first-order valence-electron chi connectivity index (χ1n) is 7.69. The van der Waals surface area contributed by atoms with Crippen LogP contribution in [0.2, 0.25) is 0 Å². The summed E-state index contributed by atoms with van der Waals surface area (Å²) in [6.45, 7) is 1.81. The first-order valence-corrected chi connectivity index (χ1v) is 7.69. The third kappa shape index (κ3) is 5.38. The molecule has 0 saturated heterocycles. The quantitative estimate of drug-likeness (QED) is 0.635. The van der Waals surface area contributed by atoms with Gasteiger partial charge in [0.25, 0.3) is 5.91 Å². The van der Waals surface area contributed by atoms with E-state index in [1.807, 2.05) is 0 Å². The van der Waals surface area contributed by atoms with E-state index in [4.69, 9.17) is 4.42 Å². The number of nitrogens with one attached hydrogen (secondary N) is 4. The Labute approximate surface area is 145 Å². The van der Waals surface area contributed by atoms with Gasteiger partial charge in [-0.05, 0) is 37.3 Å². The van der Waals surface area contributed by atoms with Crippen LogP contribution in [0.15, 0.2) is 47.1 Å². The van der Waals surface area contributed by atoms with E-state index in [0.29, 0.717) is 17.0 Å². The van der Waals surface area contributed by atoms with Crippen LogP contribution in [-0.4, -0.2) is 30.9 Å². The van der Waals surface area contributed by atoms with Gasteiger partial charge in [0.2, 0.25) is 5.91 Å². The molecule has 1 atom stereocenters. The van der Waals surface area contributed by atoms with Crippen LogP contribution >= 0.6 is 0 Å². The standard InChI is InChI=1S/C17H20N4O4/c1-11(15(22)19-10-14-7-4-8-25-14)20-17(24)21-13-6-3-5-12(9-13)16(23)18-2/h3-9,11H,10H2,1-2H3,(H,18,23)(H,19,22)(H2,20,21,24)/t11-/m1/s1. The van der Waals surface area contributed by atoms with E-state index in [1.165, 1.54) is 13.3 Å². The van der Waals surface area contributed by atoms with E-state index in [2.05, 4.69) is 21.3 Å². The molecule has 1 heterocycles. The van der Waals surface area contributed by atoms with Crippen LogP contribution in [-0.2, 0) is 11.3 Å². The van der Waals surface area contributed by atoms with Crippen LogP contribution in [0, 0.1) is 0 Å². The average molecular weight is 344 g/mol. The van der Waals surface area contributed by atoms with Gasteiger partial charge in [0.05, 0.1) is 12.8 Å². The van der Waals surface area contributed by atoms with E-state index in [-0.39, 0.29) is 18.4 Å². The predicted molar refractivity (Wildman–Crippen MR) is 92.0 cm³/mol. The molecule has 25 heavy (non-hydrogen) atoms. The molecule has 4 N–H and O–H groups in total. The van der Waals surface area contributed by atoms with E-state index in [9.17, 15) is 14.4 Å². The molecule has 0 aliphatic rings. The Kier molecular flexibility index (Phi) is 6.16. The molecule has 0 unspecified atom stereocenters. The second-order valence-corrected chi connectivity index (χ2v) is 5.28. The lowest BCUT2D eigenvalue weighted by atomic mass is 10.2. The maximum Gasteiger partial charge on any atom is 0.319 e. The van der Waals surface area contributed by atoms with Crippen molar-refractivity contribution >= 4 is 23.5 Å². The number of benzene rings is 1. The summed E-state index contributed by atoms with van der Waals surface area (Å²) in [5.41, 5.74) is 0.867. The lowest BCUT2D eigenvalue weighted by Gasteiger charge is -2.14. The van der Waals surface area contributed by atoms with Crippen LogP contribution in [0.5, 0.6) is 0 Å². The Morgan fingerprint density at radius 3 is 2.64 bits per heavy atom. The Hall–Kier alpha value is -3.29. The van der Waals surface area contributed by atoms with Gasteiger partial charge < -0.3 is 25.7 Å². The first-order chi connectivity index (χ1) is 12.0. The van der Waals surface area contributed by atoms with Gasteiger partial charge in [0.15, 0.2) is 0 Å². The van der Waals surface area contributed by atoms with Gasteiger partial charge in [0, 0.05) is 18.3 Å². The van der Waals surface area contributed by atoms with Gasteiger partial charge in [-0.15, -0.1) is 0 Å². The summed E-state index contributed by atoms with van der Waals surface area (Å²) in [7, 11) is 1.53. The number of amides is 4. The van der Waals surface area contributed by atoms with Gasteiger partial charge >= 0.3 is 6.03 Å². The molecule has 4 amide bonds. The molecule has 0 radical (unpaired) electrons. The zero-order chi connectivity index (χ0) is 18.2. The fourth-order valence-electron chi connectivity index (χ4n) is 2.05. The average Bonchev–Trinajstić information content (AvgIpc) is 3.12. The molecular weight excluding hydrogens is 324 g/mol. The lowest BCUT2D eigenvalue weighted by Crippen LogP contribution is -2.46. The molecule has 0 saturated carbocycles. The second kappa shape index (κ2) is 8.53. The predicted octanol–water partition coefficient (Wildman–Crippen LogP) is 1.47. The SMILES string of the molecule is CNC(=O)c1cccc(NC(=O)N[C@H](C)C(=O)NCc2ccco2)c1. The van der Waals surface area contributed by atoms with Crippen LogP contribution in [0.25, 0.3) is 0 Å². The van der Waals surface area contributed by atoms with Crippen molar-refractivity contribution in [2.75, 3.05) is 12.4 Å². The summed E-state index contributed by atoms with van der Waals surface area (Å²) in [6.07, 6.45) is 1.52. The van der Waals surface area contributed by atoms with Crippen molar-refractivity contribution in [3.63, 3.8) is 0 Å². The Balaban J connectivity index is 1.84. The maximum atomic E-state index is 12.0. The minimum Gasteiger partial charge on any atom is -0.467 e. The smallest absolute Gasteiger partial charge is 0.319 e. The fraction of sp³-hybridized carbons (Fsp3) is 0.235. The third-order valence-corrected chi connectivity index (χ3v) is 3.37. The molecule has 0 aliphatic heterocycles. The normalized spacial score (nSPS) is 11.3. The number of urea groups is 1. The monoisotopic (exact) mass is 344 g/mol. The summed E-state index contributed by atoms with van der Waals surface area (Å²) in [4.78, 5) is 35.5. The van der Waals surface area contributed by atoms with Gasteiger partial charge in [-0.1, -0.05) is 6.07 Å². The highest BCUT2D eigenvalue weighted by atomic mass is 16.3. The van der Waals surface area contributed by atoms with Gasteiger partial charge in [-0.2, -0.15) is 0 Å². The van der Waals surface area contributed by atoms with Crippen molar-refractivity contribution in [2.24, 2.45) is 0 Å². The van der Waals surface area contributed by atoms with E-state index >= 15 is 0 Å². The highest BCUT2D eigenvalue weighted by Gasteiger charge is 2.16. The summed E-state index contributed by atoms with van der Waals surface area (Å²) < 4.78 is 5.12. The molecule has 2 aromatic rings. The van der Waals surface area contributed by atoms with Crippen molar-refractivity contribution in [3.05, 3.63) is 54.0 Å². The summed E-state index contributed by atoms with van der Waals surface area (Å²) in [6, 6.07) is 8.65. The molecular formula is C17H20N4O4. The van der Waals surface area contributed by atoms with E-state index in [0.717, 1.165) is 0 Å². The number of carbonyl (C=O) groups excluding carboxylic acids is 3. The fourth-order valence-corrected chi connectivity index (χ4v) is 2.05. The van der Waals surface area contributed by atoms with Crippen molar-refractivity contribution in [1.82, 2.24) is 16.0 Å². The number of furan rings is 1. The number of anilines is 1. The lowest BCUT2D eigenvalue weighted by molar-refractivity contribution is -0.122. The topological polar surface area (TPSA) is 112 Å². The van der Waals surface area contributed by atoms with E-state index in [1.54, 1.807) is 43.3 Å². The van der Waals surface area contributed by atoms with Gasteiger partial charge in [0.1, 0.15) is 11.8 Å². The van der Waals surface area contributed by atoms with Crippen LogP contribution < -0.4 is 21.3 Å². The molecule has 0 fully saturated rings. The van der Waals surface area contributed by atoms with E-state index < -0.39 is 12.1 Å². The molecule has 2 rings (SSSR count). The number of hydrogen-bond acceptors (Lipinski definition) is 4. The molecule has 1 aromatic carbocycles. The zero-order valence-corrected chi connectivity index (χ0v) is 14.0. The van der Waals surface area contributed by atoms with Crippen LogP contribution in [0.3, 0.4) is 0 Å². The zero-order valence-electron chi connectivity index (χ0n) is 14.0. The molecule has 0 aliphatic carbocycles. The Morgan fingerprint density at radius 1 is 1.16 bits per heavy atom. The van der Waals surface area contributed by atoms with Crippen molar-refractivity contribution < 1.29 is 18.8 Å². The van der Waals surface area contributed by atoms with Gasteiger partial charge in [-0.3, -0.25) is 9.59 Å². The maximum absolute atomic E-state index is 12.0.